The van der Waals surface area contributed by atoms with Crippen molar-refractivity contribution < 1.29 is 4.39 Å². The van der Waals surface area contributed by atoms with Crippen molar-refractivity contribution in [1.82, 2.24) is 0 Å². The predicted molar refractivity (Wildman–Crippen MR) is 109 cm³/mol. The highest BCUT2D eigenvalue weighted by molar-refractivity contribution is 5.84. The third-order valence-electron chi connectivity index (χ3n) is 6.97. The number of aryl methyl sites for hydroxylation is 1. The van der Waals surface area contributed by atoms with Crippen molar-refractivity contribution in [3.8, 4) is 0 Å². The minimum atomic E-state index is -0.0441. The number of hydrogen-bond donors (Lipinski definition) is 0. The first-order chi connectivity index (χ1) is 12.6. The van der Waals surface area contributed by atoms with Crippen LogP contribution in [0, 0.1) is 23.6 Å². The second-order valence-electron chi connectivity index (χ2n) is 8.83. The molecule has 2 aliphatic rings. The first kappa shape index (κ1) is 17.8. The summed E-state index contributed by atoms with van der Waals surface area (Å²) in [6.07, 6.45) is 11.8. The molecule has 138 valence electrons. The summed E-state index contributed by atoms with van der Waals surface area (Å²) >= 11 is 0. The Balaban J connectivity index is 1.56. The summed E-state index contributed by atoms with van der Waals surface area (Å²) in [5.74, 6) is 3.19. The summed E-state index contributed by atoms with van der Waals surface area (Å²) in [5, 5.41) is 1.83. The van der Waals surface area contributed by atoms with Crippen LogP contribution in [-0.2, 0) is 6.42 Å². The molecule has 0 amide bonds. The minimum Gasteiger partial charge on any atom is -0.206 e. The van der Waals surface area contributed by atoms with Crippen molar-refractivity contribution in [2.45, 2.75) is 64.2 Å². The van der Waals surface area contributed by atoms with E-state index in [0.29, 0.717) is 5.92 Å². The fourth-order valence-corrected chi connectivity index (χ4v) is 5.47. The molecule has 0 radical (unpaired) electrons. The molecule has 4 atom stereocenters. The third kappa shape index (κ3) is 3.59. The van der Waals surface area contributed by atoms with Gasteiger partial charge in [0, 0.05) is 5.39 Å². The van der Waals surface area contributed by atoms with Crippen LogP contribution >= 0.6 is 0 Å². The molecule has 2 aliphatic carbocycles. The Morgan fingerprint density at radius 1 is 1.04 bits per heavy atom. The smallest absolute Gasteiger partial charge is 0.131 e. The van der Waals surface area contributed by atoms with Gasteiger partial charge in [-0.25, -0.2) is 4.39 Å². The van der Waals surface area contributed by atoms with Crippen molar-refractivity contribution in [2.75, 3.05) is 0 Å². The summed E-state index contributed by atoms with van der Waals surface area (Å²) < 4.78 is 14.9. The highest BCUT2D eigenvalue weighted by atomic mass is 19.1. The van der Waals surface area contributed by atoms with Crippen LogP contribution < -0.4 is 0 Å². The topological polar surface area (TPSA) is 0 Å². The Hall–Kier alpha value is -1.63. The summed E-state index contributed by atoms with van der Waals surface area (Å²) in [6.45, 7) is 6.18. The SMILES string of the molecule is C=CCCc1ccc2cc(C3CCC4CC(C)CCC4C3)cc(F)c2c1. The summed E-state index contributed by atoms with van der Waals surface area (Å²) in [6, 6.07) is 10.4. The van der Waals surface area contributed by atoms with Crippen molar-refractivity contribution >= 4 is 10.8 Å². The molecule has 0 saturated heterocycles. The van der Waals surface area contributed by atoms with Gasteiger partial charge in [0.2, 0.25) is 0 Å². The Labute approximate surface area is 157 Å². The van der Waals surface area contributed by atoms with Gasteiger partial charge in [-0.05, 0) is 97.3 Å². The van der Waals surface area contributed by atoms with E-state index in [-0.39, 0.29) is 5.82 Å². The zero-order valence-electron chi connectivity index (χ0n) is 16.0. The van der Waals surface area contributed by atoms with E-state index >= 15 is 0 Å². The predicted octanol–water partition coefficient (Wildman–Crippen LogP) is 7.42. The zero-order valence-corrected chi connectivity index (χ0v) is 16.0. The van der Waals surface area contributed by atoms with E-state index < -0.39 is 0 Å². The molecule has 0 heterocycles. The van der Waals surface area contributed by atoms with E-state index in [2.05, 4.69) is 31.7 Å². The molecule has 2 fully saturated rings. The Morgan fingerprint density at radius 2 is 1.85 bits per heavy atom. The Kier molecular flexibility index (Phi) is 5.16. The number of fused-ring (bicyclic) bond motifs is 2. The lowest BCUT2D eigenvalue weighted by atomic mass is 9.64. The van der Waals surface area contributed by atoms with Gasteiger partial charge in [-0.15, -0.1) is 6.58 Å². The average Bonchev–Trinajstić information content (AvgIpc) is 2.66. The normalized spacial score (nSPS) is 28.7. The standard InChI is InChI=1S/C25H31F/c1-3-4-5-18-7-9-22-15-23(16-25(26)24(22)13-18)21-11-10-19-12-17(2)6-8-20(19)14-21/h3,7,9,13,15-17,19-21H,1,4-6,8,10-12,14H2,2H3. The van der Waals surface area contributed by atoms with Crippen LogP contribution in [0.3, 0.4) is 0 Å². The van der Waals surface area contributed by atoms with Gasteiger partial charge in [0.25, 0.3) is 0 Å². The number of allylic oxidation sites excluding steroid dienone is 1. The Morgan fingerprint density at radius 3 is 2.69 bits per heavy atom. The fourth-order valence-electron chi connectivity index (χ4n) is 5.47. The van der Waals surface area contributed by atoms with Crippen LogP contribution in [0.15, 0.2) is 43.0 Å². The first-order valence-corrected chi connectivity index (χ1v) is 10.5. The average molecular weight is 351 g/mol. The number of benzene rings is 2. The van der Waals surface area contributed by atoms with Gasteiger partial charge in [0.1, 0.15) is 5.82 Å². The van der Waals surface area contributed by atoms with E-state index in [9.17, 15) is 4.39 Å². The second-order valence-corrected chi connectivity index (χ2v) is 8.83. The largest absolute Gasteiger partial charge is 0.206 e. The molecule has 2 aromatic carbocycles. The second kappa shape index (κ2) is 7.55. The maximum absolute atomic E-state index is 14.9. The van der Waals surface area contributed by atoms with E-state index in [1.807, 2.05) is 18.2 Å². The number of rotatable bonds is 4. The molecule has 1 heteroatoms. The molecule has 0 nitrogen and oxygen atoms in total. The maximum Gasteiger partial charge on any atom is 0.131 e. The number of hydrogen-bond acceptors (Lipinski definition) is 0. The van der Waals surface area contributed by atoms with Crippen LogP contribution in [0.4, 0.5) is 4.39 Å². The highest BCUT2D eigenvalue weighted by Gasteiger charge is 2.35. The maximum atomic E-state index is 14.9. The van der Waals surface area contributed by atoms with Crippen molar-refractivity contribution in [1.29, 1.82) is 0 Å². The monoisotopic (exact) mass is 350 g/mol. The molecule has 0 aliphatic heterocycles. The van der Waals surface area contributed by atoms with E-state index in [1.165, 1.54) is 49.7 Å². The van der Waals surface area contributed by atoms with Gasteiger partial charge in [-0.2, -0.15) is 0 Å². The van der Waals surface area contributed by atoms with E-state index in [0.717, 1.165) is 41.4 Å². The first-order valence-electron chi connectivity index (χ1n) is 10.5. The quantitative estimate of drug-likeness (QED) is 0.503. The van der Waals surface area contributed by atoms with Crippen molar-refractivity contribution in [3.05, 3.63) is 59.9 Å². The molecule has 0 N–H and O–H groups in total. The minimum absolute atomic E-state index is 0.0441. The zero-order chi connectivity index (χ0) is 18.1. The van der Waals surface area contributed by atoms with E-state index in [4.69, 9.17) is 0 Å². The van der Waals surface area contributed by atoms with Gasteiger partial charge in [-0.1, -0.05) is 37.6 Å². The van der Waals surface area contributed by atoms with E-state index in [1.54, 1.807) is 0 Å². The molecular formula is C25H31F. The molecular weight excluding hydrogens is 319 g/mol. The van der Waals surface area contributed by atoms with Crippen molar-refractivity contribution in [3.63, 3.8) is 0 Å². The lowest BCUT2D eigenvalue weighted by Gasteiger charge is -2.41. The van der Waals surface area contributed by atoms with Crippen molar-refractivity contribution in [2.24, 2.45) is 17.8 Å². The van der Waals surface area contributed by atoms with Gasteiger partial charge in [-0.3, -0.25) is 0 Å². The van der Waals surface area contributed by atoms with Gasteiger partial charge >= 0.3 is 0 Å². The van der Waals surface area contributed by atoms with Crippen LogP contribution in [-0.4, -0.2) is 0 Å². The van der Waals surface area contributed by atoms with Gasteiger partial charge < -0.3 is 0 Å². The molecule has 4 rings (SSSR count). The van der Waals surface area contributed by atoms with Crippen LogP contribution in [0.2, 0.25) is 0 Å². The molecule has 26 heavy (non-hydrogen) atoms. The fraction of sp³-hybridized carbons (Fsp3) is 0.520. The highest BCUT2D eigenvalue weighted by Crippen LogP contribution is 2.47. The Bertz CT molecular complexity index is 790. The lowest BCUT2D eigenvalue weighted by molar-refractivity contribution is 0.124. The summed E-state index contributed by atoms with van der Waals surface area (Å²) in [5.41, 5.74) is 2.42. The molecule has 0 spiro atoms. The van der Waals surface area contributed by atoms with Crippen LogP contribution in [0.5, 0.6) is 0 Å². The van der Waals surface area contributed by atoms with Crippen LogP contribution in [0.1, 0.15) is 68.9 Å². The van der Waals surface area contributed by atoms with Crippen LogP contribution in [0.25, 0.3) is 10.8 Å². The molecule has 0 bridgehead atoms. The third-order valence-corrected chi connectivity index (χ3v) is 6.97. The molecule has 4 unspecified atom stereocenters. The number of halogens is 1. The van der Waals surface area contributed by atoms with Gasteiger partial charge in [0.05, 0.1) is 0 Å². The lowest BCUT2D eigenvalue weighted by Crippen LogP contribution is -2.29. The summed E-state index contributed by atoms with van der Waals surface area (Å²) in [7, 11) is 0. The molecule has 0 aromatic heterocycles. The summed E-state index contributed by atoms with van der Waals surface area (Å²) in [4.78, 5) is 0. The van der Waals surface area contributed by atoms with Gasteiger partial charge in [0.15, 0.2) is 0 Å². The molecule has 2 aromatic rings. The molecule has 2 saturated carbocycles.